The topological polar surface area (TPSA) is 61.5 Å². The van der Waals surface area contributed by atoms with Crippen LogP contribution in [0.4, 0.5) is 0 Å². The highest BCUT2D eigenvalue weighted by Gasteiger charge is 2.27. The fourth-order valence-corrected chi connectivity index (χ4v) is 3.58. The van der Waals surface area contributed by atoms with Crippen LogP contribution in [0.15, 0.2) is 24.3 Å². The zero-order valence-electron chi connectivity index (χ0n) is 10.6. The molecule has 0 radical (unpaired) electrons. The molecular formula is C12H19ClNO3P. The fourth-order valence-electron chi connectivity index (χ4n) is 1.62. The SMILES string of the molecule is CCOP(=O)(C[C@H](N)c1cccc(Cl)c1)OCC. The molecule has 1 atom stereocenters. The van der Waals surface area contributed by atoms with Crippen LogP contribution in [0.25, 0.3) is 0 Å². The van der Waals surface area contributed by atoms with Gasteiger partial charge in [-0.3, -0.25) is 4.57 Å². The maximum Gasteiger partial charge on any atom is 0.332 e. The lowest BCUT2D eigenvalue weighted by Crippen LogP contribution is -2.17. The van der Waals surface area contributed by atoms with E-state index in [-0.39, 0.29) is 6.16 Å². The van der Waals surface area contributed by atoms with Gasteiger partial charge in [-0.05, 0) is 31.5 Å². The molecule has 0 unspecified atom stereocenters. The molecule has 4 nitrogen and oxygen atoms in total. The molecule has 1 aromatic carbocycles. The van der Waals surface area contributed by atoms with E-state index in [1.54, 1.807) is 26.0 Å². The molecule has 18 heavy (non-hydrogen) atoms. The van der Waals surface area contributed by atoms with Gasteiger partial charge in [-0.1, -0.05) is 23.7 Å². The van der Waals surface area contributed by atoms with E-state index >= 15 is 0 Å². The Hall–Kier alpha value is -0.380. The molecule has 0 spiro atoms. The van der Waals surface area contributed by atoms with Crippen molar-refractivity contribution >= 4 is 19.2 Å². The third-order valence-corrected chi connectivity index (χ3v) is 4.73. The zero-order valence-corrected chi connectivity index (χ0v) is 12.3. The summed E-state index contributed by atoms with van der Waals surface area (Å²) in [6.07, 6.45) is 0.148. The highest BCUT2D eigenvalue weighted by Crippen LogP contribution is 2.50. The Balaban J connectivity index is 2.78. The summed E-state index contributed by atoms with van der Waals surface area (Å²) in [6.45, 7) is 4.21. The quantitative estimate of drug-likeness (QED) is 0.780. The number of halogens is 1. The second-order valence-electron chi connectivity index (χ2n) is 3.79. The molecule has 0 aliphatic carbocycles. The number of hydrogen-bond acceptors (Lipinski definition) is 4. The molecule has 1 rings (SSSR count). The van der Waals surface area contributed by atoms with Crippen LogP contribution in [0.1, 0.15) is 25.5 Å². The molecule has 0 bridgehead atoms. The summed E-state index contributed by atoms with van der Waals surface area (Å²) in [7, 11) is -3.12. The van der Waals surface area contributed by atoms with Crippen molar-refractivity contribution in [3.63, 3.8) is 0 Å². The van der Waals surface area contributed by atoms with Gasteiger partial charge in [0.1, 0.15) is 0 Å². The first-order valence-electron chi connectivity index (χ1n) is 5.90. The van der Waals surface area contributed by atoms with Crippen LogP contribution in [0, 0.1) is 0 Å². The highest BCUT2D eigenvalue weighted by molar-refractivity contribution is 7.53. The van der Waals surface area contributed by atoms with Gasteiger partial charge in [0.05, 0.1) is 19.4 Å². The Morgan fingerprint density at radius 2 is 1.94 bits per heavy atom. The lowest BCUT2D eigenvalue weighted by Gasteiger charge is -2.21. The fraction of sp³-hybridized carbons (Fsp3) is 0.500. The van der Waals surface area contributed by atoms with E-state index in [0.29, 0.717) is 18.2 Å². The minimum atomic E-state index is -3.12. The molecule has 102 valence electrons. The second-order valence-corrected chi connectivity index (χ2v) is 6.33. The van der Waals surface area contributed by atoms with Crippen LogP contribution >= 0.6 is 19.2 Å². The third-order valence-electron chi connectivity index (χ3n) is 2.35. The minimum absolute atomic E-state index is 0.148. The summed E-state index contributed by atoms with van der Waals surface area (Å²) in [4.78, 5) is 0. The predicted molar refractivity (Wildman–Crippen MR) is 74.1 cm³/mol. The van der Waals surface area contributed by atoms with Gasteiger partial charge in [0, 0.05) is 11.1 Å². The van der Waals surface area contributed by atoms with Crippen LogP contribution in [0.3, 0.4) is 0 Å². The maximum absolute atomic E-state index is 12.3. The molecule has 2 N–H and O–H groups in total. The first-order chi connectivity index (χ1) is 8.50. The Labute approximate surface area is 113 Å². The van der Waals surface area contributed by atoms with Crippen LogP contribution in [0.2, 0.25) is 5.02 Å². The van der Waals surface area contributed by atoms with Crippen LogP contribution in [0.5, 0.6) is 0 Å². The molecule has 1 aromatic rings. The van der Waals surface area contributed by atoms with E-state index in [9.17, 15) is 4.57 Å². The van der Waals surface area contributed by atoms with Gasteiger partial charge in [0.2, 0.25) is 0 Å². The summed E-state index contributed by atoms with van der Waals surface area (Å²) in [5.74, 6) is 0. The molecule has 0 saturated heterocycles. The van der Waals surface area contributed by atoms with E-state index in [2.05, 4.69) is 0 Å². The summed E-state index contributed by atoms with van der Waals surface area (Å²) in [6, 6.07) is 6.76. The lowest BCUT2D eigenvalue weighted by molar-refractivity contribution is 0.218. The maximum atomic E-state index is 12.3. The molecule has 6 heteroatoms. The third kappa shape index (κ3) is 4.71. The van der Waals surface area contributed by atoms with Crippen molar-refractivity contribution in [3.8, 4) is 0 Å². The van der Waals surface area contributed by atoms with Gasteiger partial charge < -0.3 is 14.8 Å². The summed E-state index contributed by atoms with van der Waals surface area (Å²) >= 11 is 5.90. The summed E-state index contributed by atoms with van der Waals surface area (Å²) in [5.41, 5.74) is 6.84. The number of nitrogens with two attached hydrogens (primary N) is 1. The number of benzene rings is 1. The largest absolute Gasteiger partial charge is 0.332 e. The average Bonchev–Trinajstić information content (AvgIpc) is 2.29. The first-order valence-corrected chi connectivity index (χ1v) is 8.00. The Kier molecular flexibility index (Phi) is 6.33. The summed E-state index contributed by atoms with van der Waals surface area (Å²) < 4.78 is 22.7. The van der Waals surface area contributed by atoms with Crippen LogP contribution in [-0.4, -0.2) is 19.4 Å². The Morgan fingerprint density at radius 1 is 1.33 bits per heavy atom. The van der Waals surface area contributed by atoms with Crippen molar-refractivity contribution in [1.29, 1.82) is 0 Å². The molecule has 0 aliphatic heterocycles. The van der Waals surface area contributed by atoms with E-state index < -0.39 is 13.6 Å². The van der Waals surface area contributed by atoms with Crippen molar-refractivity contribution in [3.05, 3.63) is 34.9 Å². The van der Waals surface area contributed by atoms with Gasteiger partial charge in [0.25, 0.3) is 0 Å². The van der Waals surface area contributed by atoms with E-state index in [0.717, 1.165) is 5.56 Å². The molecule has 0 fully saturated rings. The smallest absolute Gasteiger partial charge is 0.323 e. The van der Waals surface area contributed by atoms with E-state index in [4.69, 9.17) is 26.4 Å². The van der Waals surface area contributed by atoms with Crippen molar-refractivity contribution in [2.24, 2.45) is 5.73 Å². The zero-order chi connectivity index (χ0) is 13.6. The minimum Gasteiger partial charge on any atom is -0.323 e. The number of hydrogen-bond donors (Lipinski definition) is 1. The molecule has 0 amide bonds. The Morgan fingerprint density at radius 3 is 2.44 bits per heavy atom. The Bertz CT molecular complexity index is 418. The molecule has 0 aliphatic rings. The van der Waals surface area contributed by atoms with Crippen LogP contribution in [-0.2, 0) is 13.6 Å². The molecular weight excluding hydrogens is 273 g/mol. The van der Waals surface area contributed by atoms with Gasteiger partial charge in [-0.2, -0.15) is 0 Å². The van der Waals surface area contributed by atoms with E-state index in [1.807, 2.05) is 12.1 Å². The number of rotatable bonds is 7. The monoisotopic (exact) mass is 291 g/mol. The van der Waals surface area contributed by atoms with Crippen molar-refractivity contribution in [1.82, 2.24) is 0 Å². The molecule has 0 heterocycles. The standard InChI is InChI=1S/C12H19ClNO3P/c1-3-16-18(15,17-4-2)9-12(14)10-6-5-7-11(13)8-10/h5-8,12H,3-4,9,14H2,1-2H3/t12-/m0/s1. The second kappa shape index (κ2) is 7.27. The highest BCUT2D eigenvalue weighted by atomic mass is 35.5. The van der Waals surface area contributed by atoms with Crippen LogP contribution < -0.4 is 5.73 Å². The van der Waals surface area contributed by atoms with E-state index in [1.165, 1.54) is 0 Å². The molecule has 0 aromatic heterocycles. The average molecular weight is 292 g/mol. The van der Waals surface area contributed by atoms with Gasteiger partial charge in [-0.15, -0.1) is 0 Å². The summed E-state index contributed by atoms with van der Waals surface area (Å²) in [5, 5.41) is 0.602. The predicted octanol–water partition coefficient (Wildman–Crippen LogP) is 3.61. The first kappa shape index (κ1) is 15.7. The lowest BCUT2D eigenvalue weighted by atomic mass is 10.1. The molecule has 0 saturated carbocycles. The van der Waals surface area contributed by atoms with Crippen molar-refractivity contribution in [2.75, 3.05) is 19.4 Å². The normalized spacial score (nSPS) is 13.6. The van der Waals surface area contributed by atoms with Crippen molar-refractivity contribution < 1.29 is 13.6 Å². The van der Waals surface area contributed by atoms with Crippen molar-refractivity contribution in [2.45, 2.75) is 19.9 Å². The van der Waals surface area contributed by atoms with Gasteiger partial charge in [-0.25, -0.2) is 0 Å². The van der Waals surface area contributed by atoms with Gasteiger partial charge in [0.15, 0.2) is 0 Å². The van der Waals surface area contributed by atoms with Gasteiger partial charge >= 0.3 is 7.60 Å².